The average molecular weight is 177 g/mol. The lowest BCUT2D eigenvalue weighted by atomic mass is 10.1. The standard InChI is InChI=1S/C8H7N3O2/c1-5(12)6-2-3-7-8(4-6)11(13)10-9-7/h2-4,9H,1H3. The van der Waals surface area contributed by atoms with Gasteiger partial charge in [-0.1, -0.05) is 0 Å². The molecule has 1 aromatic heterocycles. The molecule has 0 saturated carbocycles. The topological polar surface area (TPSA) is 72.7 Å². The summed E-state index contributed by atoms with van der Waals surface area (Å²) in [5.74, 6) is -0.0666. The number of ketones is 1. The number of nitrogens with zero attached hydrogens (tertiary/aromatic N) is 2. The predicted molar refractivity (Wildman–Crippen MR) is 45.1 cm³/mol. The van der Waals surface area contributed by atoms with E-state index < -0.39 is 0 Å². The molecule has 0 amide bonds. The van der Waals surface area contributed by atoms with Crippen LogP contribution in [0, 0.1) is 5.21 Å². The molecule has 2 aromatic rings. The fraction of sp³-hybridized carbons (Fsp3) is 0.125. The van der Waals surface area contributed by atoms with Crippen molar-refractivity contribution in [3.8, 4) is 0 Å². The van der Waals surface area contributed by atoms with Crippen LogP contribution in [0.3, 0.4) is 0 Å². The number of carbonyl (C=O) groups is 1. The van der Waals surface area contributed by atoms with E-state index in [2.05, 4.69) is 10.3 Å². The second kappa shape index (κ2) is 2.55. The van der Waals surface area contributed by atoms with Crippen LogP contribution in [0.25, 0.3) is 11.0 Å². The first-order valence-corrected chi connectivity index (χ1v) is 3.77. The highest BCUT2D eigenvalue weighted by Crippen LogP contribution is 2.09. The molecule has 66 valence electrons. The number of benzene rings is 1. The van der Waals surface area contributed by atoms with E-state index in [4.69, 9.17) is 0 Å². The summed E-state index contributed by atoms with van der Waals surface area (Å²) < 4.78 is 0. The normalized spacial score (nSPS) is 10.5. The third-order valence-corrected chi connectivity index (χ3v) is 1.87. The fourth-order valence-electron chi connectivity index (χ4n) is 1.16. The Morgan fingerprint density at radius 1 is 1.62 bits per heavy atom. The third kappa shape index (κ3) is 1.14. The number of Topliss-reactive ketones (excluding diaryl/α,β-unsaturated/α-hetero) is 1. The van der Waals surface area contributed by atoms with E-state index >= 15 is 0 Å². The number of aromatic nitrogens is 3. The van der Waals surface area contributed by atoms with Gasteiger partial charge in [0.25, 0.3) is 0 Å². The van der Waals surface area contributed by atoms with Gasteiger partial charge in [-0.05, 0) is 19.1 Å². The first-order valence-electron chi connectivity index (χ1n) is 3.77. The highest BCUT2D eigenvalue weighted by Gasteiger charge is 2.08. The van der Waals surface area contributed by atoms with Crippen LogP contribution in [-0.4, -0.2) is 16.1 Å². The van der Waals surface area contributed by atoms with Gasteiger partial charge in [-0.25, -0.2) is 0 Å². The molecule has 1 heterocycles. The van der Waals surface area contributed by atoms with Crippen molar-refractivity contribution in [1.29, 1.82) is 0 Å². The van der Waals surface area contributed by atoms with Crippen molar-refractivity contribution in [2.24, 2.45) is 0 Å². The van der Waals surface area contributed by atoms with Crippen molar-refractivity contribution >= 4 is 16.8 Å². The van der Waals surface area contributed by atoms with Gasteiger partial charge < -0.3 is 5.21 Å². The van der Waals surface area contributed by atoms with E-state index in [9.17, 15) is 10.0 Å². The lowest BCUT2D eigenvalue weighted by Crippen LogP contribution is -2.28. The molecule has 0 atom stereocenters. The Balaban J connectivity index is 2.72. The maximum Gasteiger partial charge on any atom is 0.203 e. The van der Waals surface area contributed by atoms with E-state index in [0.29, 0.717) is 21.4 Å². The minimum atomic E-state index is -0.0666. The van der Waals surface area contributed by atoms with Crippen LogP contribution >= 0.6 is 0 Å². The molecule has 2 rings (SSSR count). The molecule has 0 fully saturated rings. The largest absolute Gasteiger partial charge is 0.691 e. The highest BCUT2D eigenvalue weighted by molar-refractivity contribution is 5.96. The summed E-state index contributed by atoms with van der Waals surface area (Å²) in [6.07, 6.45) is 0. The smallest absolute Gasteiger partial charge is 0.203 e. The van der Waals surface area contributed by atoms with Gasteiger partial charge in [-0.3, -0.25) is 4.79 Å². The second-order valence-corrected chi connectivity index (χ2v) is 2.77. The number of rotatable bonds is 1. The van der Waals surface area contributed by atoms with E-state index in [1.54, 1.807) is 12.1 Å². The van der Waals surface area contributed by atoms with Gasteiger partial charge in [0.2, 0.25) is 5.52 Å². The van der Waals surface area contributed by atoms with Gasteiger partial charge in [0, 0.05) is 11.6 Å². The molecular weight excluding hydrogens is 170 g/mol. The molecule has 0 radical (unpaired) electrons. The average Bonchev–Trinajstić information content (AvgIpc) is 2.47. The monoisotopic (exact) mass is 177 g/mol. The van der Waals surface area contributed by atoms with E-state index in [0.717, 1.165) is 0 Å². The number of nitrogens with one attached hydrogen (secondary N) is 1. The first kappa shape index (κ1) is 7.72. The molecule has 1 aromatic carbocycles. The van der Waals surface area contributed by atoms with Gasteiger partial charge in [0.15, 0.2) is 11.3 Å². The third-order valence-electron chi connectivity index (χ3n) is 1.87. The van der Waals surface area contributed by atoms with Crippen molar-refractivity contribution in [2.75, 3.05) is 0 Å². The number of fused-ring (bicyclic) bond motifs is 1. The molecule has 0 saturated heterocycles. The van der Waals surface area contributed by atoms with Gasteiger partial charge >= 0.3 is 0 Å². The lowest BCUT2D eigenvalue weighted by Gasteiger charge is -1.95. The van der Waals surface area contributed by atoms with Crippen LogP contribution in [0.1, 0.15) is 17.3 Å². The molecule has 13 heavy (non-hydrogen) atoms. The summed E-state index contributed by atoms with van der Waals surface area (Å²) in [7, 11) is 0. The van der Waals surface area contributed by atoms with Gasteiger partial charge in [0.1, 0.15) is 0 Å². The Hall–Kier alpha value is -1.91. The summed E-state index contributed by atoms with van der Waals surface area (Å²) >= 11 is 0. The first-order chi connectivity index (χ1) is 6.18. The lowest BCUT2D eigenvalue weighted by molar-refractivity contribution is -0.644. The van der Waals surface area contributed by atoms with Crippen LogP contribution < -0.4 is 4.85 Å². The molecular formula is C8H7N3O2. The summed E-state index contributed by atoms with van der Waals surface area (Å²) in [6.45, 7) is 1.45. The molecule has 0 aliphatic carbocycles. The highest BCUT2D eigenvalue weighted by atomic mass is 16.5. The zero-order valence-corrected chi connectivity index (χ0v) is 6.94. The van der Waals surface area contributed by atoms with Crippen molar-refractivity contribution in [1.82, 2.24) is 10.3 Å². The van der Waals surface area contributed by atoms with E-state index in [-0.39, 0.29) is 5.78 Å². The number of aromatic amines is 1. The van der Waals surface area contributed by atoms with Crippen molar-refractivity contribution < 1.29 is 9.64 Å². The zero-order valence-electron chi connectivity index (χ0n) is 6.94. The minimum Gasteiger partial charge on any atom is -0.691 e. The Labute approximate surface area is 73.5 Å². The van der Waals surface area contributed by atoms with Crippen molar-refractivity contribution in [3.05, 3.63) is 29.0 Å². The molecule has 5 heteroatoms. The Kier molecular flexibility index (Phi) is 1.51. The molecule has 0 bridgehead atoms. The molecule has 0 aliphatic heterocycles. The quantitative estimate of drug-likeness (QED) is 0.389. The van der Waals surface area contributed by atoms with E-state index in [1.807, 2.05) is 0 Å². The van der Waals surface area contributed by atoms with Crippen molar-refractivity contribution in [3.63, 3.8) is 0 Å². The van der Waals surface area contributed by atoms with Gasteiger partial charge in [-0.15, -0.1) is 9.94 Å². The van der Waals surface area contributed by atoms with Crippen LogP contribution in [0.4, 0.5) is 0 Å². The summed E-state index contributed by atoms with van der Waals surface area (Å²) in [6, 6.07) is 4.84. The molecule has 0 spiro atoms. The summed E-state index contributed by atoms with van der Waals surface area (Å²) in [5.41, 5.74) is 1.52. The Morgan fingerprint density at radius 2 is 2.38 bits per heavy atom. The zero-order chi connectivity index (χ0) is 9.42. The fourth-order valence-corrected chi connectivity index (χ4v) is 1.16. The van der Waals surface area contributed by atoms with Crippen LogP contribution in [-0.2, 0) is 0 Å². The Bertz CT molecular complexity index is 475. The molecule has 0 unspecified atom stereocenters. The van der Waals surface area contributed by atoms with Crippen LogP contribution in [0.15, 0.2) is 18.2 Å². The maximum atomic E-state index is 11.0. The molecule has 1 N–H and O–H groups in total. The number of H-pyrrole nitrogens is 1. The second-order valence-electron chi connectivity index (χ2n) is 2.77. The number of carbonyl (C=O) groups excluding carboxylic acids is 1. The van der Waals surface area contributed by atoms with Crippen LogP contribution in [0.5, 0.6) is 0 Å². The van der Waals surface area contributed by atoms with Gasteiger partial charge in [0.05, 0.1) is 5.21 Å². The minimum absolute atomic E-state index is 0.0666. The predicted octanol–water partition coefficient (Wildman–Crippen LogP) is 0.399. The maximum absolute atomic E-state index is 11.0. The molecule has 5 nitrogen and oxygen atoms in total. The number of hydrogen-bond donors (Lipinski definition) is 1. The molecule has 0 aliphatic rings. The number of hydrogen-bond acceptors (Lipinski definition) is 3. The summed E-state index contributed by atoms with van der Waals surface area (Å²) in [5, 5.41) is 17.0. The van der Waals surface area contributed by atoms with Crippen LogP contribution in [0.2, 0.25) is 0 Å². The summed E-state index contributed by atoms with van der Waals surface area (Å²) in [4.78, 5) is 11.4. The van der Waals surface area contributed by atoms with Crippen molar-refractivity contribution in [2.45, 2.75) is 6.92 Å². The van der Waals surface area contributed by atoms with E-state index in [1.165, 1.54) is 13.0 Å². The Morgan fingerprint density at radius 3 is 3.08 bits per heavy atom. The SMILES string of the molecule is CC(=O)c1ccc2[nH]n[n+]([O-])c2c1. The van der Waals surface area contributed by atoms with Gasteiger partial charge in [-0.2, -0.15) is 0 Å².